The summed E-state index contributed by atoms with van der Waals surface area (Å²) < 4.78 is 18.8. The van der Waals surface area contributed by atoms with E-state index in [1.165, 1.54) is 18.2 Å². The number of carbonyl (C=O) groups excluding carboxylic acids is 1. The van der Waals surface area contributed by atoms with Crippen LogP contribution in [0.25, 0.3) is 0 Å². The van der Waals surface area contributed by atoms with Crippen molar-refractivity contribution >= 4 is 17.7 Å². The summed E-state index contributed by atoms with van der Waals surface area (Å²) in [7, 11) is 0. The van der Waals surface area contributed by atoms with Crippen LogP contribution >= 0.6 is 0 Å². The van der Waals surface area contributed by atoms with Crippen LogP contribution in [-0.2, 0) is 9.59 Å². The fourth-order valence-electron chi connectivity index (χ4n) is 2.02. The maximum atomic E-state index is 13.3. The molecule has 0 bridgehead atoms. The van der Waals surface area contributed by atoms with E-state index < -0.39 is 23.9 Å². The van der Waals surface area contributed by atoms with E-state index in [0.29, 0.717) is 37.3 Å². The molecule has 0 aliphatic heterocycles. The third kappa shape index (κ3) is 13.4. The van der Waals surface area contributed by atoms with Crippen LogP contribution in [0.5, 0.6) is 5.75 Å². The highest BCUT2D eigenvalue weighted by Crippen LogP contribution is 2.22. The third-order valence-electron chi connectivity index (χ3n) is 3.39. The second-order valence-corrected chi connectivity index (χ2v) is 7.42. The smallest absolute Gasteiger partial charge is 0.328 e. The Morgan fingerprint density at radius 3 is 2.20 bits per heavy atom. The number of nitrogens with one attached hydrogen (secondary N) is 1. The zero-order valence-corrected chi connectivity index (χ0v) is 17.6. The monoisotopic (exact) mass is 427 g/mol. The van der Waals surface area contributed by atoms with Gasteiger partial charge in [-0.3, -0.25) is 4.79 Å². The van der Waals surface area contributed by atoms with Gasteiger partial charge in [-0.25, -0.2) is 14.0 Å². The highest BCUT2D eigenvalue weighted by molar-refractivity contribution is 5.98. The van der Waals surface area contributed by atoms with Crippen LogP contribution in [0.2, 0.25) is 0 Å². The average molecular weight is 427 g/mol. The summed E-state index contributed by atoms with van der Waals surface area (Å²) in [6.07, 6.45) is 1.43. The van der Waals surface area contributed by atoms with E-state index in [1.54, 1.807) is 0 Å². The second kappa shape index (κ2) is 13.4. The van der Waals surface area contributed by atoms with Crippen LogP contribution in [-0.4, -0.2) is 57.8 Å². The van der Waals surface area contributed by atoms with Crippen LogP contribution in [0.3, 0.4) is 0 Å². The number of halogens is 1. The standard InChI is InChI=1S/C17H26FNO3.C4H4O4/c1-5-6-15(21)14-9-12(18)7-8-16(14)22-11-13(20)10-19-17(2,3)4;5-3(6)1-2-4(7)8/h7-9,13,19-20H,5-6,10-11H2,1-4H3;1-2H,(H,5,6)(H,7,8)/t13-;/m0./s1. The number of carboxylic acids is 2. The molecule has 1 aromatic carbocycles. The molecular formula is C21H30FNO7. The minimum Gasteiger partial charge on any atom is -0.490 e. The topological polar surface area (TPSA) is 133 Å². The van der Waals surface area contributed by atoms with Gasteiger partial charge in [0.2, 0.25) is 0 Å². The van der Waals surface area contributed by atoms with Crippen molar-refractivity contribution in [3.63, 3.8) is 0 Å². The number of benzene rings is 1. The molecule has 0 saturated carbocycles. The Kier molecular flexibility index (Phi) is 12.2. The lowest BCUT2D eigenvalue weighted by atomic mass is 10.1. The SMILES string of the molecule is CCCC(=O)c1cc(F)ccc1OC[C@@H](O)CNC(C)(C)C.O=C(O)C=CC(=O)O. The Morgan fingerprint density at radius 2 is 1.73 bits per heavy atom. The van der Waals surface area contributed by atoms with E-state index in [4.69, 9.17) is 14.9 Å². The Balaban J connectivity index is 0.000000890. The van der Waals surface area contributed by atoms with Gasteiger partial charge in [-0.1, -0.05) is 6.92 Å². The van der Waals surface area contributed by atoms with Crippen molar-refractivity contribution < 1.29 is 38.8 Å². The van der Waals surface area contributed by atoms with Crippen LogP contribution in [0.4, 0.5) is 4.39 Å². The molecule has 30 heavy (non-hydrogen) atoms. The largest absolute Gasteiger partial charge is 0.490 e. The maximum Gasteiger partial charge on any atom is 0.328 e. The number of rotatable bonds is 10. The average Bonchev–Trinajstić information content (AvgIpc) is 2.63. The van der Waals surface area contributed by atoms with Crippen molar-refractivity contribution in [2.45, 2.75) is 52.2 Å². The van der Waals surface area contributed by atoms with Gasteiger partial charge in [0.25, 0.3) is 0 Å². The van der Waals surface area contributed by atoms with Gasteiger partial charge in [0.05, 0.1) is 5.56 Å². The Morgan fingerprint density at radius 1 is 1.17 bits per heavy atom. The van der Waals surface area contributed by atoms with E-state index in [0.717, 1.165) is 0 Å². The van der Waals surface area contributed by atoms with Crippen LogP contribution in [0.1, 0.15) is 50.9 Å². The van der Waals surface area contributed by atoms with Crippen LogP contribution in [0, 0.1) is 5.82 Å². The van der Waals surface area contributed by atoms with E-state index in [1.807, 2.05) is 27.7 Å². The van der Waals surface area contributed by atoms with Crippen molar-refractivity contribution in [2.24, 2.45) is 0 Å². The van der Waals surface area contributed by atoms with Gasteiger partial charge in [0, 0.05) is 30.7 Å². The highest BCUT2D eigenvalue weighted by Gasteiger charge is 2.16. The first-order valence-corrected chi connectivity index (χ1v) is 9.38. The van der Waals surface area contributed by atoms with Gasteiger partial charge in [0.1, 0.15) is 24.3 Å². The molecule has 0 aromatic heterocycles. The first-order valence-electron chi connectivity index (χ1n) is 9.38. The molecule has 1 atom stereocenters. The highest BCUT2D eigenvalue weighted by atomic mass is 19.1. The van der Waals surface area contributed by atoms with Crippen LogP contribution < -0.4 is 10.1 Å². The molecule has 1 rings (SSSR count). The van der Waals surface area contributed by atoms with E-state index >= 15 is 0 Å². The fourth-order valence-corrected chi connectivity index (χ4v) is 2.02. The molecule has 9 heteroatoms. The number of ketones is 1. The Bertz CT molecular complexity index is 725. The molecule has 0 heterocycles. The molecule has 0 aliphatic rings. The molecule has 8 nitrogen and oxygen atoms in total. The molecule has 0 amide bonds. The van der Waals surface area contributed by atoms with Crippen molar-refractivity contribution in [3.05, 3.63) is 41.7 Å². The van der Waals surface area contributed by atoms with Crippen molar-refractivity contribution in [1.29, 1.82) is 0 Å². The first-order chi connectivity index (χ1) is 13.9. The molecular weight excluding hydrogens is 397 g/mol. The van der Waals surface area contributed by atoms with E-state index in [-0.39, 0.29) is 23.5 Å². The number of Topliss-reactive ketones (excluding diaryl/α,β-unsaturated/α-hetero) is 1. The molecule has 168 valence electrons. The van der Waals surface area contributed by atoms with Crippen molar-refractivity contribution in [1.82, 2.24) is 5.32 Å². The molecule has 0 unspecified atom stereocenters. The zero-order valence-electron chi connectivity index (χ0n) is 17.6. The molecule has 1 aromatic rings. The molecule has 4 N–H and O–H groups in total. The molecule has 0 fully saturated rings. The molecule has 0 saturated heterocycles. The number of aliphatic hydroxyl groups excluding tert-OH is 1. The minimum atomic E-state index is -1.26. The molecule has 0 radical (unpaired) electrons. The Hall–Kier alpha value is -2.78. The van der Waals surface area contributed by atoms with Crippen LogP contribution in [0.15, 0.2) is 30.4 Å². The number of carbonyl (C=O) groups is 3. The number of hydrogen-bond donors (Lipinski definition) is 4. The zero-order chi connectivity index (χ0) is 23.3. The summed E-state index contributed by atoms with van der Waals surface area (Å²) >= 11 is 0. The summed E-state index contributed by atoms with van der Waals surface area (Å²) in [4.78, 5) is 31.1. The summed E-state index contributed by atoms with van der Waals surface area (Å²) in [5.41, 5.74) is 0.136. The fraction of sp³-hybridized carbons (Fsp3) is 0.476. The first kappa shape index (κ1) is 27.2. The number of hydrogen-bond acceptors (Lipinski definition) is 6. The summed E-state index contributed by atoms with van der Waals surface area (Å²) in [6, 6.07) is 3.87. The van der Waals surface area contributed by atoms with Gasteiger partial charge >= 0.3 is 11.9 Å². The number of aliphatic hydroxyl groups is 1. The normalized spacial score (nSPS) is 12.1. The summed E-state index contributed by atoms with van der Waals surface area (Å²) in [5, 5.41) is 28.7. The molecule has 0 spiro atoms. The second-order valence-electron chi connectivity index (χ2n) is 7.42. The number of aliphatic carboxylic acids is 2. The van der Waals surface area contributed by atoms with E-state index in [2.05, 4.69) is 5.32 Å². The lowest BCUT2D eigenvalue weighted by Gasteiger charge is -2.23. The predicted octanol–water partition coefficient (Wildman–Crippen LogP) is 2.65. The Labute approximate surface area is 175 Å². The predicted molar refractivity (Wildman–Crippen MR) is 109 cm³/mol. The lowest BCUT2D eigenvalue weighted by Crippen LogP contribution is -2.42. The number of carboxylic acid groups (broad SMARTS) is 2. The minimum absolute atomic E-state index is 0.0428. The van der Waals surface area contributed by atoms with E-state index in [9.17, 15) is 23.9 Å². The van der Waals surface area contributed by atoms with Crippen molar-refractivity contribution in [3.8, 4) is 5.75 Å². The van der Waals surface area contributed by atoms with Gasteiger partial charge in [-0.05, 0) is 45.4 Å². The maximum absolute atomic E-state index is 13.3. The van der Waals surface area contributed by atoms with Gasteiger partial charge in [0.15, 0.2) is 5.78 Å². The van der Waals surface area contributed by atoms with Crippen molar-refractivity contribution in [2.75, 3.05) is 13.2 Å². The van der Waals surface area contributed by atoms with Gasteiger partial charge in [-0.2, -0.15) is 0 Å². The van der Waals surface area contributed by atoms with Gasteiger partial charge in [-0.15, -0.1) is 0 Å². The summed E-state index contributed by atoms with van der Waals surface area (Å²) in [6.45, 7) is 8.32. The number of ether oxygens (including phenoxy) is 1. The third-order valence-corrected chi connectivity index (χ3v) is 3.39. The molecule has 0 aliphatic carbocycles. The lowest BCUT2D eigenvalue weighted by molar-refractivity contribution is -0.134. The summed E-state index contributed by atoms with van der Waals surface area (Å²) in [5.74, 6) is -2.82. The number of β-amino-alcohol motifs (C(OH)–C–C–N with tert-alkyl or cyclic N) is 1. The van der Waals surface area contributed by atoms with Gasteiger partial charge < -0.3 is 25.4 Å². The quantitative estimate of drug-likeness (QED) is 0.331.